The molecule has 148 valence electrons. The van der Waals surface area contributed by atoms with E-state index in [9.17, 15) is 24.0 Å². The van der Waals surface area contributed by atoms with Crippen LogP contribution in [-0.4, -0.2) is 51.5 Å². The Labute approximate surface area is 165 Å². The minimum absolute atomic E-state index is 0.0942. The van der Waals surface area contributed by atoms with Crippen LogP contribution < -0.4 is 11.2 Å². The zero-order valence-electron chi connectivity index (χ0n) is 14.6. The molecule has 1 N–H and O–H groups in total. The predicted molar refractivity (Wildman–Crippen MR) is 97.2 cm³/mol. The van der Waals surface area contributed by atoms with E-state index in [1.807, 2.05) is 0 Å². The standard InChI is InChI=1S/C15H17BrN2O8S/c1-6(19)24-5-10-11(25-7(2)20)12(26-8(3)21)14(27-10)18-4-9(16)13(22)17-15(18)23/h4,10-12,14H,5H2,1-3H3,(H,17,22,23)/t10-,11?,12?,14-/m1/s1. The first kappa shape index (κ1) is 21.2. The number of carbonyl (C=O) groups excluding carboxylic acids is 3. The summed E-state index contributed by atoms with van der Waals surface area (Å²) in [6.07, 6.45) is -0.736. The van der Waals surface area contributed by atoms with Crippen molar-refractivity contribution < 1.29 is 28.6 Å². The average molecular weight is 465 g/mol. The van der Waals surface area contributed by atoms with Crippen LogP contribution in [0.2, 0.25) is 0 Å². The normalized spacial score (nSPS) is 24.3. The highest BCUT2D eigenvalue weighted by atomic mass is 79.9. The lowest BCUT2D eigenvalue weighted by atomic mass is 10.1. The van der Waals surface area contributed by atoms with Crippen LogP contribution >= 0.6 is 27.7 Å². The van der Waals surface area contributed by atoms with Crippen molar-refractivity contribution in [2.24, 2.45) is 0 Å². The number of rotatable bonds is 5. The number of aromatic amines is 1. The van der Waals surface area contributed by atoms with Crippen molar-refractivity contribution in [1.82, 2.24) is 9.55 Å². The van der Waals surface area contributed by atoms with Gasteiger partial charge in [-0.15, -0.1) is 11.8 Å². The second kappa shape index (κ2) is 8.74. The molecular formula is C15H17BrN2O8S. The van der Waals surface area contributed by atoms with E-state index in [0.29, 0.717) is 0 Å². The van der Waals surface area contributed by atoms with Crippen molar-refractivity contribution in [3.63, 3.8) is 0 Å². The fraction of sp³-hybridized carbons (Fsp3) is 0.533. The topological polar surface area (TPSA) is 134 Å². The fourth-order valence-electron chi connectivity index (χ4n) is 2.57. The minimum Gasteiger partial charge on any atom is -0.465 e. The molecule has 27 heavy (non-hydrogen) atoms. The highest BCUT2D eigenvalue weighted by molar-refractivity contribution is 9.10. The Balaban J connectivity index is 2.47. The summed E-state index contributed by atoms with van der Waals surface area (Å²) in [5, 5.41) is -1.41. The minimum atomic E-state index is -1.03. The van der Waals surface area contributed by atoms with Crippen LogP contribution in [0, 0.1) is 0 Å². The van der Waals surface area contributed by atoms with Crippen molar-refractivity contribution in [1.29, 1.82) is 0 Å². The molecule has 2 rings (SSSR count). The van der Waals surface area contributed by atoms with Gasteiger partial charge in [-0.1, -0.05) is 0 Å². The van der Waals surface area contributed by atoms with Crippen LogP contribution in [0.5, 0.6) is 0 Å². The smallest absolute Gasteiger partial charge is 0.329 e. The number of esters is 3. The first-order valence-electron chi connectivity index (χ1n) is 7.74. The van der Waals surface area contributed by atoms with Crippen LogP contribution in [0.1, 0.15) is 26.1 Å². The molecule has 1 aliphatic heterocycles. The van der Waals surface area contributed by atoms with Gasteiger partial charge >= 0.3 is 23.6 Å². The summed E-state index contributed by atoms with van der Waals surface area (Å²) in [7, 11) is 0. The quantitative estimate of drug-likeness (QED) is 0.483. The molecule has 0 bridgehead atoms. The molecule has 0 aliphatic carbocycles. The molecule has 1 aromatic rings. The van der Waals surface area contributed by atoms with Crippen molar-refractivity contribution in [2.75, 3.05) is 6.61 Å². The maximum Gasteiger partial charge on any atom is 0.329 e. The Kier molecular flexibility index (Phi) is 6.87. The number of hydrogen-bond acceptors (Lipinski definition) is 9. The van der Waals surface area contributed by atoms with E-state index in [-0.39, 0.29) is 11.1 Å². The van der Waals surface area contributed by atoms with Gasteiger partial charge in [-0.05, 0) is 15.9 Å². The first-order valence-corrected chi connectivity index (χ1v) is 9.48. The van der Waals surface area contributed by atoms with E-state index in [4.69, 9.17) is 14.2 Å². The maximum atomic E-state index is 12.3. The summed E-state index contributed by atoms with van der Waals surface area (Å²) in [5.74, 6) is -1.80. The molecule has 1 fully saturated rings. The molecule has 1 saturated heterocycles. The number of halogens is 1. The summed E-state index contributed by atoms with van der Waals surface area (Å²) in [6, 6.07) is 0. The number of nitrogens with zero attached hydrogens (tertiary/aromatic N) is 1. The molecule has 4 atom stereocenters. The van der Waals surface area contributed by atoms with Crippen molar-refractivity contribution in [3.05, 3.63) is 31.5 Å². The van der Waals surface area contributed by atoms with E-state index in [2.05, 4.69) is 20.9 Å². The number of nitrogens with one attached hydrogen (secondary N) is 1. The summed E-state index contributed by atoms with van der Waals surface area (Å²) >= 11 is 4.17. The van der Waals surface area contributed by atoms with E-state index in [1.165, 1.54) is 27.0 Å². The van der Waals surface area contributed by atoms with E-state index in [0.717, 1.165) is 16.3 Å². The summed E-state index contributed by atoms with van der Waals surface area (Å²) in [4.78, 5) is 60.2. The lowest BCUT2D eigenvalue weighted by Gasteiger charge is -2.25. The van der Waals surface area contributed by atoms with E-state index >= 15 is 0 Å². The third kappa shape index (κ3) is 5.22. The largest absolute Gasteiger partial charge is 0.465 e. The molecule has 10 nitrogen and oxygen atoms in total. The number of carbonyl (C=O) groups is 3. The third-order valence-electron chi connectivity index (χ3n) is 3.54. The van der Waals surface area contributed by atoms with Gasteiger partial charge in [-0.2, -0.15) is 0 Å². The van der Waals surface area contributed by atoms with Gasteiger partial charge in [0.2, 0.25) is 0 Å². The van der Waals surface area contributed by atoms with Crippen LogP contribution in [-0.2, 0) is 28.6 Å². The van der Waals surface area contributed by atoms with Gasteiger partial charge < -0.3 is 14.2 Å². The molecule has 0 spiro atoms. The third-order valence-corrected chi connectivity index (χ3v) is 5.63. The SMILES string of the molecule is CC(=O)OC[C@H]1S[C@@H](n2cc(Br)c(=O)[nH]c2=O)C(OC(C)=O)C1OC(C)=O. The molecule has 2 heterocycles. The van der Waals surface area contributed by atoms with Gasteiger partial charge in [0.25, 0.3) is 5.56 Å². The molecule has 12 heteroatoms. The number of hydrogen-bond donors (Lipinski definition) is 1. The summed E-state index contributed by atoms with van der Waals surface area (Å²) < 4.78 is 16.9. The highest BCUT2D eigenvalue weighted by Gasteiger charge is 2.50. The Morgan fingerprint density at radius 3 is 2.26 bits per heavy atom. The number of thioether (sulfide) groups is 1. The molecule has 0 aromatic carbocycles. The highest BCUT2D eigenvalue weighted by Crippen LogP contribution is 2.44. The average Bonchev–Trinajstić information content (AvgIpc) is 2.85. The zero-order valence-corrected chi connectivity index (χ0v) is 17.0. The second-order valence-corrected chi connectivity index (χ2v) is 7.87. The summed E-state index contributed by atoms with van der Waals surface area (Å²) in [5.41, 5.74) is -1.34. The van der Waals surface area contributed by atoms with Crippen LogP contribution in [0.15, 0.2) is 20.3 Å². The van der Waals surface area contributed by atoms with E-state index in [1.54, 1.807) is 0 Å². The summed E-state index contributed by atoms with van der Waals surface area (Å²) in [6.45, 7) is 3.47. The monoisotopic (exact) mass is 464 g/mol. The first-order chi connectivity index (χ1) is 12.6. The second-order valence-electron chi connectivity index (χ2n) is 5.66. The van der Waals surface area contributed by atoms with E-state index < -0.39 is 52.0 Å². The number of ether oxygens (including phenoxy) is 3. The van der Waals surface area contributed by atoms with Crippen molar-refractivity contribution in [3.8, 4) is 0 Å². The molecule has 1 aromatic heterocycles. The number of aromatic nitrogens is 2. The Hall–Kier alpha value is -2.08. The molecular weight excluding hydrogens is 448 g/mol. The molecule has 0 amide bonds. The molecule has 0 saturated carbocycles. The van der Waals surface area contributed by atoms with Crippen molar-refractivity contribution >= 4 is 45.6 Å². The maximum absolute atomic E-state index is 12.3. The fourth-order valence-corrected chi connectivity index (χ4v) is 4.41. The molecule has 1 aliphatic rings. The Bertz CT molecular complexity index is 866. The van der Waals surface area contributed by atoms with Gasteiger partial charge in [0.1, 0.15) is 12.0 Å². The molecule has 2 unspecified atom stereocenters. The van der Waals surface area contributed by atoms with Gasteiger partial charge in [0.15, 0.2) is 12.2 Å². The Morgan fingerprint density at radius 1 is 1.11 bits per heavy atom. The van der Waals surface area contributed by atoms with Gasteiger partial charge in [-0.3, -0.25) is 28.7 Å². The van der Waals surface area contributed by atoms with Gasteiger partial charge in [-0.25, -0.2) is 4.79 Å². The zero-order chi connectivity index (χ0) is 20.3. The lowest BCUT2D eigenvalue weighted by Crippen LogP contribution is -2.42. The number of H-pyrrole nitrogens is 1. The van der Waals surface area contributed by atoms with Crippen LogP contribution in [0.25, 0.3) is 0 Å². The molecule has 0 radical (unpaired) electrons. The van der Waals surface area contributed by atoms with Crippen LogP contribution in [0.3, 0.4) is 0 Å². The lowest BCUT2D eigenvalue weighted by molar-refractivity contribution is -0.166. The van der Waals surface area contributed by atoms with Crippen molar-refractivity contribution in [2.45, 2.75) is 43.6 Å². The predicted octanol–water partition coefficient (Wildman–Crippen LogP) is 0.340. The van der Waals surface area contributed by atoms with Gasteiger partial charge in [0.05, 0.1) is 9.72 Å². The van der Waals surface area contributed by atoms with Gasteiger partial charge in [0, 0.05) is 27.0 Å². The Morgan fingerprint density at radius 2 is 1.70 bits per heavy atom. The van der Waals surface area contributed by atoms with Crippen LogP contribution in [0.4, 0.5) is 0 Å².